The van der Waals surface area contributed by atoms with Gasteiger partial charge in [-0.05, 0) is 30.7 Å². The standard InChI is InChI=1S/C13H12ClFN2O/c1-8-3-4-9(15)5-11(8)13-16-10(7-18-2)6-12(14)17-13/h3-6H,7H2,1-2H3. The maximum Gasteiger partial charge on any atom is 0.161 e. The minimum absolute atomic E-state index is 0.315. The molecule has 0 fully saturated rings. The van der Waals surface area contributed by atoms with Crippen LogP contribution in [0.5, 0.6) is 0 Å². The molecule has 0 bridgehead atoms. The minimum atomic E-state index is -0.326. The molecular formula is C13H12ClFN2O. The Morgan fingerprint density at radius 3 is 2.78 bits per heavy atom. The van der Waals surface area contributed by atoms with E-state index in [1.54, 1.807) is 19.2 Å². The van der Waals surface area contributed by atoms with Crippen LogP contribution in [-0.2, 0) is 11.3 Å². The van der Waals surface area contributed by atoms with Gasteiger partial charge in [0.05, 0.1) is 12.3 Å². The zero-order chi connectivity index (χ0) is 13.1. The van der Waals surface area contributed by atoms with Crippen molar-refractivity contribution in [1.82, 2.24) is 9.97 Å². The zero-order valence-electron chi connectivity index (χ0n) is 10.1. The number of halogens is 2. The van der Waals surface area contributed by atoms with Gasteiger partial charge in [-0.1, -0.05) is 17.7 Å². The Morgan fingerprint density at radius 2 is 2.06 bits per heavy atom. The molecule has 0 saturated heterocycles. The maximum absolute atomic E-state index is 13.3. The van der Waals surface area contributed by atoms with Crippen LogP contribution in [0.2, 0.25) is 5.15 Å². The third kappa shape index (κ3) is 2.83. The van der Waals surface area contributed by atoms with Gasteiger partial charge < -0.3 is 4.74 Å². The van der Waals surface area contributed by atoms with E-state index in [9.17, 15) is 4.39 Å². The van der Waals surface area contributed by atoms with E-state index in [4.69, 9.17) is 16.3 Å². The van der Waals surface area contributed by atoms with Crippen LogP contribution >= 0.6 is 11.6 Å². The predicted octanol–water partition coefficient (Wildman–Crippen LogP) is 3.39. The summed E-state index contributed by atoms with van der Waals surface area (Å²) in [5.74, 6) is 0.0824. The lowest BCUT2D eigenvalue weighted by Gasteiger charge is -2.07. The summed E-state index contributed by atoms with van der Waals surface area (Å²) in [6.07, 6.45) is 0. The van der Waals surface area contributed by atoms with E-state index in [1.807, 2.05) is 6.92 Å². The lowest BCUT2D eigenvalue weighted by atomic mass is 10.1. The van der Waals surface area contributed by atoms with Gasteiger partial charge in [-0.15, -0.1) is 0 Å². The van der Waals surface area contributed by atoms with Gasteiger partial charge in [0.25, 0.3) is 0 Å². The molecule has 2 rings (SSSR count). The van der Waals surface area contributed by atoms with Gasteiger partial charge in [0, 0.05) is 12.7 Å². The third-order valence-corrected chi connectivity index (χ3v) is 2.67. The summed E-state index contributed by atoms with van der Waals surface area (Å²) in [5, 5.41) is 0.315. The Balaban J connectivity index is 2.52. The van der Waals surface area contributed by atoms with Crippen LogP contribution < -0.4 is 0 Å². The Kier molecular flexibility index (Phi) is 3.89. The number of benzene rings is 1. The number of nitrogens with zero attached hydrogens (tertiary/aromatic N) is 2. The molecule has 3 nitrogen and oxygen atoms in total. The molecule has 0 saturated carbocycles. The summed E-state index contributed by atoms with van der Waals surface area (Å²) in [7, 11) is 1.57. The van der Waals surface area contributed by atoms with Crippen molar-refractivity contribution in [1.29, 1.82) is 0 Å². The molecule has 0 unspecified atom stereocenters. The number of aryl methyl sites for hydroxylation is 1. The van der Waals surface area contributed by atoms with E-state index >= 15 is 0 Å². The van der Waals surface area contributed by atoms with Crippen molar-refractivity contribution in [3.05, 3.63) is 46.5 Å². The van der Waals surface area contributed by atoms with Gasteiger partial charge in [-0.25, -0.2) is 14.4 Å². The van der Waals surface area contributed by atoms with Crippen LogP contribution in [0.4, 0.5) is 4.39 Å². The lowest BCUT2D eigenvalue weighted by Crippen LogP contribution is -1.99. The maximum atomic E-state index is 13.3. The van der Waals surface area contributed by atoms with Crippen LogP contribution in [0.15, 0.2) is 24.3 Å². The van der Waals surface area contributed by atoms with Crippen LogP contribution in [0.1, 0.15) is 11.3 Å². The topological polar surface area (TPSA) is 35.0 Å². The minimum Gasteiger partial charge on any atom is -0.378 e. The summed E-state index contributed by atoms with van der Waals surface area (Å²) >= 11 is 5.93. The molecule has 0 radical (unpaired) electrons. The lowest BCUT2D eigenvalue weighted by molar-refractivity contribution is 0.181. The highest BCUT2D eigenvalue weighted by molar-refractivity contribution is 6.29. The molecule has 1 aromatic heterocycles. The summed E-state index contributed by atoms with van der Waals surface area (Å²) in [6.45, 7) is 2.21. The first-order valence-electron chi connectivity index (χ1n) is 5.39. The molecule has 18 heavy (non-hydrogen) atoms. The fourth-order valence-corrected chi connectivity index (χ4v) is 1.85. The molecule has 0 atom stereocenters. The monoisotopic (exact) mass is 266 g/mol. The van der Waals surface area contributed by atoms with E-state index in [-0.39, 0.29) is 5.82 Å². The smallest absolute Gasteiger partial charge is 0.161 e. The van der Waals surface area contributed by atoms with Crippen molar-refractivity contribution in [2.24, 2.45) is 0 Å². The van der Waals surface area contributed by atoms with Gasteiger partial charge in [0.2, 0.25) is 0 Å². The predicted molar refractivity (Wildman–Crippen MR) is 67.9 cm³/mol. The molecule has 0 N–H and O–H groups in total. The molecule has 1 aromatic carbocycles. The summed E-state index contributed by atoms with van der Waals surface area (Å²) in [4.78, 5) is 8.43. The molecule has 0 aliphatic rings. The molecule has 1 heterocycles. The molecule has 0 spiro atoms. The number of ether oxygens (including phenoxy) is 1. The number of aromatic nitrogens is 2. The number of methoxy groups -OCH3 is 1. The second-order valence-electron chi connectivity index (χ2n) is 3.90. The highest BCUT2D eigenvalue weighted by Crippen LogP contribution is 2.23. The number of hydrogen-bond acceptors (Lipinski definition) is 3. The third-order valence-electron chi connectivity index (χ3n) is 2.48. The SMILES string of the molecule is COCc1cc(Cl)nc(-c2cc(F)ccc2C)n1. The van der Waals surface area contributed by atoms with Crippen molar-refractivity contribution in [3.8, 4) is 11.4 Å². The van der Waals surface area contributed by atoms with E-state index in [0.29, 0.717) is 28.8 Å². The van der Waals surface area contributed by atoms with Crippen molar-refractivity contribution in [2.75, 3.05) is 7.11 Å². The Labute approximate surface area is 110 Å². The molecule has 2 aromatic rings. The largest absolute Gasteiger partial charge is 0.378 e. The van der Waals surface area contributed by atoms with Gasteiger partial charge >= 0.3 is 0 Å². The average molecular weight is 267 g/mol. The van der Waals surface area contributed by atoms with Crippen molar-refractivity contribution in [2.45, 2.75) is 13.5 Å². The second-order valence-corrected chi connectivity index (χ2v) is 4.29. The van der Waals surface area contributed by atoms with Crippen molar-refractivity contribution in [3.63, 3.8) is 0 Å². The summed E-state index contributed by atoms with van der Waals surface area (Å²) in [6, 6.07) is 6.12. The van der Waals surface area contributed by atoms with E-state index < -0.39 is 0 Å². The molecule has 0 aliphatic heterocycles. The van der Waals surface area contributed by atoms with Crippen molar-refractivity contribution >= 4 is 11.6 Å². The van der Waals surface area contributed by atoms with E-state index in [2.05, 4.69) is 9.97 Å². The molecule has 0 aliphatic carbocycles. The molecule has 94 valence electrons. The molecular weight excluding hydrogens is 255 g/mol. The van der Waals surface area contributed by atoms with E-state index in [1.165, 1.54) is 12.1 Å². The number of rotatable bonds is 3. The van der Waals surface area contributed by atoms with Gasteiger partial charge in [0.1, 0.15) is 11.0 Å². The van der Waals surface area contributed by atoms with E-state index in [0.717, 1.165) is 5.56 Å². The molecule has 0 amide bonds. The summed E-state index contributed by atoms with van der Waals surface area (Å²) < 4.78 is 18.3. The summed E-state index contributed by atoms with van der Waals surface area (Å²) in [5.41, 5.74) is 2.19. The average Bonchev–Trinajstić information content (AvgIpc) is 2.32. The Hall–Kier alpha value is -1.52. The van der Waals surface area contributed by atoms with Crippen LogP contribution in [0.25, 0.3) is 11.4 Å². The van der Waals surface area contributed by atoms with Gasteiger partial charge in [0.15, 0.2) is 5.82 Å². The van der Waals surface area contributed by atoms with Crippen LogP contribution in [0, 0.1) is 12.7 Å². The van der Waals surface area contributed by atoms with Gasteiger partial charge in [-0.3, -0.25) is 0 Å². The quantitative estimate of drug-likeness (QED) is 0.799. The normalized spacial score (nSPS) is 10.7. The first-order chi connectivity index (χ1) is 8.60. The highest BCUT2D eigenvalue weighted by Gasteiger charge is 2.09. The Bertz CT molecular complexity index is 575. The molecule has 5 heteroatoms. The first kappa shape index (κ1) is 12.9. The first-order valence-corrected chi connectivity index (χ1v) is 5.77. The van der Waals surface area contributed by atoms with Crippen molar-refractivity contribution < 1.29 is 9.13 Å². The van der Waals surface area contributed by atoms with Gasteiger partial charge in [-0.2, -0.15) is 0 Å². The number of hydrogen-bond donors (Lipinski definition) is 0. The highest BCUT2D eigenvalue weighted by atomic mass is 35.5. The fourth-order valence-electron chi connectivity index (χ4n) is 1.64. The van der Waals surface area contributed by atoms with Crippen LogP contribution in [-0.4, -0.2) is 17.1 Å². The zero-order valence-corrected chi connectivity index (χ0v) is 10.8. The second kappa shape index (κ2) is 5.42. The fraction of sp³-hybridized carbons (Fsp3) is 0.231. The Morgan fingerprint density at radius 1 is 1.28 bits per heavy atom. The van der Waals surface area contributed by atoms with Crippen LogP contribution in [0.3, 0.4) is 0 Å².